The van der Waals surface area contributed by atoms with Crippen LogP contribution in [0.5, 0.6) is 0 Å². The lowest BCUT2D eigenvalue weighted by Gasteiger charge is -2.24. The highest BCUT2D eigenvalue weighted by Crippen LogP contribution is 2.20. The Morgan fingerprint density at radius 3 is 2.53 bits per heavy atom. The van der Waals surface area contributed by atoms with Crippen molar-refractivity contribution in [3.8, 4) is 0 Å². The van der Waals surface area contributed by atoms with Crippen LogP contribution in [0.4, 0.5) is 0 Å². The average molecular weight is 234 g/mol. The monoisotopic (exact) mass is 234 g/mol. The zero-order valence-electron chi connectivity index (χ0n) is 10.7. The summed E-state index contributed by atoms with van der Waals surface area (Å²) in [5, 5.41) is 2.97. The predicted octanol–water partition coefficient (Wildman–Crippen LogP) is 2.18. The Hall–Kier alpha value is -1.35. The van der Waals surface area contributed by atoms with Crippen LogP contribution in [-0.4, -0.2) is 19.0 Å². The van der Waals surface area contributed by atoms with Crippen molar-refractivity contribution in [2.45, 2.75) is 26.7 Å². The van der Waals surface area contributed by atoms with Gasteiger partial charge >= 0.3 is 0 Å². The topological polar surface area (TPSA) is 55.1 Å². The number of rotatable bonds is 6. The van der Waals surface area contributed by atoms with E-state index in [2.05, 4.69) is 19.2 Å². The number of nitrogens with two attached hydrogens (primary N) is 1. The van der Waals surface area contributed by atoms with Gasteiger partial charge < -0.3 is 11.1 Å². The number of amides is 1. The van der Waals surface area contributed by atoms with Crippen molar-refractivity contribution in [2.24, 2.45) is 11.1 Å². The van der Waals surface area contributed by atoms with Gasteiger partial charge in [0.05, 0.1) is 0 Å². The molecule has 0 atom stereocenters. The van der Waals surface area contributed by atoms with Crippen molar-refractivity contribution in [1.82, 2.24) is 5.32 Å². The molecule has 0 unspecified atom stereocenters. The van der Waals surface area contributed by atoms with E-state index >= 15 is 0 Å². The summed E-state index contributed by atoms with van der Waals surface area (Å²) >= 11 is 0. The number of nitrogens with one attached hydrogen (secondary N) is 1. The zero-order chi connectivity index (χ0) is 12.7. The number of hydrogen-bond acceptors (Lipinski definition) is 2. The standard InChI is InChI=1S/C14H22N2O/c1-14(2,9-6-10-15)11-16-13(17)12-7-4-3-5-8-12/h3-5,7-8H,6,9-11,15H2,1-2H3,(H,16,17). The molecule has 0 aliphatic heterocycles. The highest BCUT2D eigenvalue weighted by molar-refractivity contribution is 5.94. The molecular weight excluding hydrogens is 212 g/mol. The molecule has 0 radical (unpaired) electrons. The highest BCUT2D eigenvalue weighted by atomic mass is 16.1. The first-order chi connectivity index (χ1) is 8.05. The molecule has 17 heavy (non-hydrogen) atoms. The summed E-state index contributed by atoms with van der Waals surface area (Å²) in [5.41, 5.74) is 6.31. The maximum absolute atomic E-state index is 11.8. The maximum Gasteiger partial charge on any atom is 0.251 e. The lowest BCUT2D eigenvalue weighted by atomic mass is 9.87. The van der Waals surface area contributed by atoms with Crippen LogP contribution in [-0.2, 0) is 0 Å². The number of carbonyl (C=O) groups is 1. The van der Waals surface area contributed by atoms with E-state index in [0.29, 0.717) is 18.7 Å². The molecule has 1 amide bonds. The Balaban J connectivity index is 2.43. The molecule has 1 rings (SSSR count). The number of carbonyl (C=O) groups excluding carboxylic acids is 1. The molecule has 0 aliphatic carbocycles. The Labute approximate surface area is 103 Å². The third kappa shape index (κ3) is 5.00. The average Bonchev–Trinajstić information content (AvgIpc) is 2.35. The van der Waals surface area contributed by atoms with E-state index in [1.807, 2.05) is 30.3 Å². The van der Waals surface area contributed by atoms with Gasteiger partial charge in [0.15, 0.2) is 0 Å². The number of benzene rings is 1. The van der Waals surface area contributed by atoms with Crippen molar-refractivity contribution >= 4 is 5.91 Å². The Morgan fingerprint density at radius 1 is 1.29 bits per heavy atom. The quantitative estimate of drug-likeness (QED) is 0.792. The summed E-state index contributed by atoms with van der Waals surface area (Å²) in [5.74, 6) is -0.00794. The molecule has 0 saturated heterocycles. The third-order valence-corrected chi connectivity index (χ3v) is 2.82. The summed E-state index contributed by atoms with van der Waals surface area (Å²) in [7, 11) is 0. The van der Waals surface area contributed by atoms with Crippen LogP contribution in [0.1, 0.15) is 37.0 Å². The van der Waals surface area contributed by atoms with E-state index in [-0.39, 0.29) is 11.3 Å². The molecular formula is C14H22N2O. The molecule has 0 bridgehead atoms. The fraction of sp³-hybridized carbons (Fsp3) is 0.500. The van der Waals surface area contributed by atoms with Gasteiger partial charge in [-0.05, 0) is 36.9 Å². The van der Waals surface area contributed by atoms with Crippen LogP contribution in [0, 0.1) is 5.41 Å². The Morgan fingerprint density at radius 2 is 1.94 bits per heavy atom. The minimum Gasteiger partial charge on any atom is -0.352 e. The maximum atomic E-state index is 11.8. The second-order valence-corrected chi connectivity index (χ2v) is 5.11. The van der Waals surface area contributed by atoms with Crippen molar-refractivity contribution in [2.75, 3.05) is 13.1 Å². The molecule has 0 fully saturated rings. The lowest BCUT2D eigenvalue weighted by Crippen LogP contribution is -2.34. The summed E-state index contributed by atoms with van der Waals surface area (Å²) < 4.78 is 0. The van der Waals surface area contributed by atoms with Crippen LogP contribution >= 0.6 is 0 Å². The van der Waals surface area contributed by atoms with Gasteiger partial charge in [0.2, 0.25) is 0 Å². The lowest BCUT2D eigenvalue weighted by molar-refractivity contribution is 0.0934. The van der Waals surface area contributed by atoms with Crippen molar-refractivity contribution in [3.05, 3.63) is 35.9 Å². The third-order valence-electron chi connectivity index (χ3n) is 2.82. The minimum absolute atomic E-state index is 0.00794. The first kappa shape index (κ1) is 13.7. The van der Waals surface area contributed by atoms with E-state index in [0.717, 1.165) is 12.8 Å². The van der Waals surface area contributed by atoms with Gasteiger partial charge in [0.25, 0.3) is 5.91 Å². The molecule has 0 saturated carbocycles. The predicted molar refractivity (Wildman–Crippen MR) is 70.8 cm³/mol. The molecule has 3 N–H and O–H groups in total. The summed E-state index contributed by atoms with van der Waals surface area (Å²) in [6.45, 7) is 5.68. The largest absolute Gasteiger partial charge is 0.352 e. The molecule has 1 aromatic carbocycles. The molecule has 3 nitrogen and oxygen atoms in total. The second kappa shape index (κ2) is 6.40. The smallest absolute Gasteiger partial charge is 0.251 e. The zero-order valence-corrected chi connectivity index (χ0v) is 10.7. The van der Waals surface area contributed by atoms with E-state index in [9.17, 15) is 4.79 Å². The van der Waals surface area contributed by atoms with Crippen LogP contribution in [0.2, 0.25) is 0 Å². The second-order valence-electron chi connectivity index (χ2n) is 5.11. The van der Waals surface area contributed by atoms with Crippen molar-refractivity contribution < 1.29 is 4.79 Å². The van der Waals surface area contributed by atoms with E-state index < -0.39 is 0 Å². The SMILES string of the molecule is CC(C)(CCCN)CNC(=O)c1ccccc1. The molecule has 0 heterocycles. The van der Waals surface area contributed by atoms with Gasteiger partial charge in [0, 0.05) is 12.1 Å². The van der Waals surface area contributed by atoms with E-state index in [4.69, 9.17) is 5.73 Å². The molecule has 0 aliphatic rings. The Bertz CT molecular complexity index is 346. The molecule has 0 spiro atoms. The number of hydrogen-bond donors (Lipinski definition) is 2. The molecule has 0 aromatic heterocycles. The van der Waals surface area contributed by atoms with Gasteiger partial charge in [-0.1, -0.05) is 32.0 Å². The van der Waals surface area contributed by atoms with Crippen molar-refractivity contribution in [1.29, 1.82) is 0 Å². The van der Waals surface area contributed by atoms with Crippen LogP contribution < -0.4 is 11.1 Å². The summed E-state index contributed by atoms with van der Waals surface area (Å²) in [6, 6.07) is 9.29. The Kier molecular flexibility index (Phi) is 5.16. The summed E-state index contributed by atoms with van der Waals surface area (Å²) in [6.07, 6.45) is 2.02. The van der Waals surface area contributed by atoms with Gasteiger partial charge in [-0.2, -0.15) is 0 Å². The highest BCUT2D eigenvalue weighted by Gasteiger charge is 2.18. The van der Waals surface area contributed by atoms with Crippen LogP contribution in [0.3, 0.4) is 0 Å². The fourth-order valence-corrected chi connectivity index (χ4v) is 1.68. The fourth-order valence-electron chi connectivity index (χ4n) is 1.68. The van der Waals surface area contributed by atoms with Crippen molar-refractivity contribution in [3.63, 3.8) is 0 Å². The normalized spacial score (nSPS) is 11.2. The first-order valence-electron chi connectivity index (χ1n) is 6.08. The molecule has 94 valence electrons. The van der Waals surface area contributed by atoms with Gasteiger partial charge in [0.1, 0.15) is 0 Å². The molecule has 3 heteroatoms. The molecule has 1 aromatic rings. The van der Waals surface area contributed by atoms with Gasteiger partial charge in [-0.3, -0.25) is 4.79 Å². The van der Waals surface area contributed by atoms with Crippen LogP contribution in [0.15, 0.2) is 30.3 Å². The van der Waals surface area contributed by atoms with E-state index in [1.54, 1.807) is 0 Å². The van der Waals surface area contributed by atoms with Crippen LogP contribution in [0.25, 0.3) is 0 Å². The van der Waals surface area contributed by atoms with E-state index in [1.165, 1.54) is 0 Å². The summed E-state index contributed by atoms with van der Waals surface area (Å²) in [4.78, 5) is 11.8. The minimum atomic E-state index is -0.00794. The first-order valence-corrected chi connectivity index (χ1v) is 6.08. The van der Waals surface area contributed by atoms with Gasteiger partial charge in [-0.15, -0.1) is 0 Å². The van der Waals surface area contributed by atoms with Gasteiger partial charge in [-0.25, -0.2) is 0 Å².